The lowest BCUT2D eigenvalue weighted by Gasteiger charge is -2.04. The number of aldehydes is 1. The van der Waals surface area contributed by atoms with Crippen LogP contribution in [0.25, 0.3) is 0 Å². The molecule has 1 aromatic carbocycles. The van der Waals surface area contributed by atoms with E-state index in [0.29, 0.717) is 6.29 Å². The van der Waals surface area contributed by atoms with Gasteiger partial charge in [0.2, 0.25) is 0 Å². The van der Waals surface area contributed by atoms with Crippen molar-refractivity contribution in [3.05, 3.63) is 34.9 Å². The van der Waals surface area contributed by atoms with Gasteiger partial charge in [-0.1, -0.05) is 0 Å². The minimum absolute atomic E-state index is 0.353. The van der Waals surface area contributed by atoms with Crippen LogP contribution in [0.3, 0.4) is 0 Å². The third-order valence-corrected chi connectivity index (χ3v) is 1.74. The summed E-state index contributed by atoms with van der Waals surface area (Å²) in [5.74, 6) is -2.92. The molecule has 0 aromatic heterocycles. The Bertz CT molecular complexity index is 391. The van der Waals surface area contributed by atoms with Crippen LogP contribution in [-0.4, -0.2) is 12.2 Å². The Balaban J connectivity index is 3.32. The van der Waals surface area contributed by atoms with E-state index in [0.717, 1.165) is 12.1 Å². The van der Waals surface area contributed by atoms with Gasteiger partial charge < -0.3 is 10.5 Å². The van der Waals surface area contributed by atoms with Gasteiger partial charge in [0.05, 0.1) is 5.56 Å². The number of nitrogens with two attached hydrogens (primary N) is 1. The monoisotopic (exact) mass is 199 g/mol. The van der Waals surface area contributed by atoms with E-state index in [1.165, 1.54) is 0 Å². The minimum atomic E-state index is -1.07. The summed E-state index contributed by atoms with van der Waals surface area (Å²) in [7, 11) is 0. The van der Waals surface area contributed by atoms with Gasteiger partial charge in [-0.2, -0.15) is 0 Å². The van der Waals surface area contributed by atoms with Gasteiger partial charge >= 0.3 is 0 Å². The van der Waals surface area contributed by atoms with Crippen LogP contribution >= 0.6 is 0 Å². The van der Waals surface area contributed by atoms with Crippen LogP contribution in [0.15, 0.2) is 12.1 Å². The summed E-state index contributed by atoms with van der Waals surface area (Å²) in [6.45, 7) is 0. The molecule has 0 heterocycles. The van der Waals surface area contributed by atoms with Crippen LogP contribution in [-0.2, 0) is 11.2 Å². The Labute approximate surface area is 78.5 Å². The quantitative estimate of drug-likeness (QED) is 0.732. The Kier molecular flexibility index (Phi) is 2.91. The molecule has 0 radical (unpaired) electrons. The highest BCUT2D eigenvalue weighted by molar-refractivity contribution is 5.93. The molecule has 0 spiro atoms. The Morgan fingerprint density at radius 2 is 2.07 bits per heavy atom. The fourth-order valence-electron chi connectivity index (χ4n) is 1.06. The number of hydrogen-bond acceptors (Lipinski definition) is 2. The van der Waals surface area contributed by atoms with Crippen LogP contribution < -0.4 is 5.73 Å². The fourth-order valence-corrected chi connectivity index (χ4v) is 1.06. The van der Waals surface area contributed by atoms with Crippen molar-refractivity contribution in [1.29, 1.82) is 0 Å². The SMILES string of the molecule is NC(=O)c1ccc(F)c(CC=O)c1F. The molecule has 0 saturated carbocycles. The van der Waals surface area contributed by atoms with Crippen LogP contribution in [0.2, 0.25) is 0 Å². The van der Waals surface area contributed by atoms with E-state index in [4.69, 9.17) is 5.73 Å². The van der Waals surface area contributed by atoms with Gasteiger partial charge in [-0.05, 0) is 12.1 Å². The van der Waals surface area contributed by atoms with Gasteiger partial charge in [0.15, 0.2) is 0 Å². The van der Waals surface area contributed by atoms with Gasteiger partial charge in [0.1, 0.15) is 17.9 Å². The summed E-state index contributed by atoms with van der Waals surface area (Å²) in [4.78, 5) is 20.8. The van der Waals surface area contributed by atoms with Crippen LogP contribution in [0.4, 0.5) is 8.78 Å². The number of carbonyl (C=O) groups excluding carboxylic acids is 2. The summed E-state index contributed by atoms with van der Waals surface area (Å²) < 4.78 is 26.2. The van der Waals surface area contributed by atoms with Crippen molar-refractivity contribution in [2.75, 3.05) is 0 Å². The lowest BCUT2D eigenvalue weighted by Crippen LogP contribution is -2.15. The molecule has 0 unspecified atom stereocenters. The first-order valence-electron chi connectivity index (χ1n) is 3.78. The predicted octanol–water partition coefficient (Wildman–Crippen LogP) is 0.805. The highest BCUT2D eigenvalue weighted by Crippen LogP contribution is 2.16. The average Bonchev–Trinajstić information content (AvgIpc) is 2.11. The lowest BCUT2D eigenvalue weighted by molar-refractivity contribution is -0.107. The van der Waals surface area contributed by atoms with Gasteiger partial charge in [0.25, 0.3) is 5.91 Å². The molecule has 0 saturated heterocycles. The molecule has 0 fully saturated rings. The van der Waals surface area contributed by atoms with E-state index in [-0.39, 0.29) is 0 Å². The van der Waals surface area contributed by atoms with E-state index >= 15 is 0 Å². The molecule has 2 N–H and O–H groups in total. The zero-order valence-corrected chi connectivity index (χ0v) is 7.09. The number of amides is 1. The maximum atomic E-state index is 13.3. The summed E-state index contributed by atoms with van der Waals surface area (Å²) in [5, 5.41) is 0. The summed E-state index contributed by atoms with van der Waals surface area (Å²) in [6, 6.07) is 1.85. The Morgan fingerprint density at radius 1 is 1.43 bits per heavy atom. The van der Waals surface area contributed by atoms with Crippen LogP contribution in [0, 0.1) is 11.6 Å². The maximum Gasteiger partial charge on any atom is 0.251 e. The van der Waals surface area contributed by atoms with E-state index in [9.17, 15) is 18.4 Å². The van der Waals surface area contributed by atoms with Gasteiger partial charge in [-0.15, -0.1) is 0 Å². The molecule has 0 aliphatic carbocycles. The fraction of sp³-hybridized carbons (Fsp3) is 0.111. The molecule has 0 aliphatic rings. The van der Waals surface area contributed by atoms with Crippen molar-refractivity contribution in [3.8, 4) is 0 Å². The number of benzene rings is 1. The molecule has 74 valence electrons. The zero-order valence-electron chi connectivity index (χ0n) is 7.09. The van der Waals surface area contributed by atoms with E-state index in [1.807, 2.05) is 0 Å². The first-order valence-corrected chi connectivity index (χ1v) is 3.78. The van der Waals surface area contributed by atoms with Crippen molar-refractivity contribution < 1.29 is 18.4 Å². The first kappa shape index (κ1) is 10.3. The van der Waals surface area contributed by atoms with E-state index in [2.05, 4.69) is 0 Å². The number of carbonyl (C=O) groups is 2. The molecule has 1 amide bonds. The van der Waals surface area contributed by atoms with Crippen LogP contribution in [0.5, 0.6) is 0 Å². The second-order valence-electron chi connectivity index (χ2n) is 2.62. The largest absolute Gasteiger partial charge is 0.366 e. The van der Waals surface area contributed by atoms with Gasteiger partial charge in [-0.25, -0.2) is 8.78 Å². The Hall–Kier alpha value is -1.78. The molecule has 5 heteroatoms. The van der Waals surface area contributed by atoms with Gasteiger partial charge in [0, 0.05) is 12.0 Å². The van der Waals surface area contributed by atoms with Crippen molar-refractivity contribution in [2.24, 2.45) is 5.73 Å². The third kappa shape index (κ3) is 1.76. The smallest absolute Gasteiger partial charge is 0.251 e. The molecular formula is C9H7F2NO2. The standard InChI is InChI=1S/C9H7F2NO2/c10-7-2-1-6(9(12)14)8(11)5(7)3-4-13/h1-2,4H,3H2,(H2,12,14). The summed E-state index contributed by atoms with van der Waals surface area (Å²) >= 11 is 0. The Morgan fingerprint density at radius 3 is 2.57 bits per heavy atom. The molecule has 1 rings (SSSR count). The lowest BCUT2D eigenvalue weighted by atomic mass is 10.1. The average molecular weight is 199 g/mol. The van der Waals surface area contributed by atoms with Crippen LogP contribution in [0.1, 0.15) is 15.9 Å². The molecule has 0 bridgehead atoms. The van der Waals surface area contributed by atoms with Crippen molar-refractivity contribution in [1.82, 2.24) is 0 Å². The van der Waals surface area contributed by atoms with E-state index in [1.54, 1.807) is 0 Å². The third-order valence-electron chi connectivity index (χ3n) is 1.74. The second kappa shape index (κ2) is 3.95. The normalized spacial score (nSPS) is 9.86. The first-order chi connectivity index (χ1) is 6.57. The number of halogens is 2. The highest BCUT2D eigenvalue weighted by atomic mass is 19.1. The van der Waals surface area contributed by atoms with Crippen molar-refractivity contribution in [2.45, 2.75) is 6.42 Å². The summed E-state index contributed by atoms with van der Waals surface area (Å²) in [5.41, 5.74) is 3.99. The molecule has 3 nitrogen and oxygen atoms in total. The van der Waals surface area contributed by atoms with Crippen molar-refractivity contribution in [3.63, 3.8) is 0 Å². The highest BCUT2D eigenvalue weighted by Gasteiger charge is 2.15. The zero-order chi connectivity index (χ0) is 10.7. The molecule has 1 aromatic rings. The maximum absolute atomic E-state index is 13.3. The van der Waals surface area contributed by atoms with Crippen molar-refractivity contribution >= 4 is 12.2 Å². The molecule has 14 heavy (non-hydrogen) atoms. The van der Waals surface area contributed by atoms with E-state index < -0.39 is 35.1 Å². The number of rotatable bonds is 3. The molecule has 0 aliphatic heterocycles. The topological polar surface area (TPSA) is 60.2 Å². The number of hydrogen-bond donors (Lipinski definition) is 1. The molecule has 0 atom stereocenters. The second-order valence-corrected chi connectivity index (χ2v) is 2.62. The van der Waals surface area contributed by atoms with Gasteiger partial charge in [-0.3, -0.25) is 4.79 Å². The number of primary amides is 1. The molecular weight excluding hydrogens is 192 g/mol. The summed E-state index contributed by atoms with van der Waals surface area (Å²) in [6.07, 6.45) is -0.0644. The minimum Gasteiger partial charge on any atom is -0.366 e. The predicted molar refractivity (Wildman–Crippen MR) is 44.6 cm³/mol.